The first-order chi connectivity index (χ1) is 17.8. The molecule has 0 bridgehead atoms. The fourth-order valence-corrected chi connectivity index (χ4v) is 3.76. The number of allylic oxidation sites excluding steroid dienone is 2. The number of halogens is 1. The minimum absolute atomic E-state index is 0.00721. The molecule has 0 spiro atoms. The molecule has 11 heteroatoms. The molecule has 0 saturated carbocycles. The van der Waals surface area contributed by atoms with Gasteiger partial charge < -0.3 is 19.8 Å². The van der Waals surface area contributed by atoms with E-state index in [1.54, 1.807) is 36.9 Å². The molecule has 10 nitrogen and oxygen atoms in total. The highest BCUT2D eigenvalue weighted by molar-refractivity contribution is 6.07. The third-order valence-corrected chi connectivity index (χ3v) is 5.57. The largest absolute Gasteiger partial charge is 0.496 e. The SMILES string of the molecule is C#Cc1cc(OC)c(-c2c(-c3ncc(O/C(N=C)=N/C(C)=C\C)cc3F)c3c(N)ncnc3n2C)cn1. The predicted molar refractivity (Wildman–Crippen MR) is 141 cm³/mol. The predicted octanol–water partition coefficient (Wildman–Crippen LogP) is 4.16. The number of aliphatic imine (C=N–C) groups is 2. The Labute approximate surface area is 212 Å². The molecule has 0 saturated heterocycles. The van der Waals surface area contributed by atoms with Crippen LogP contribution in [0.5, 0.6) is 11.5 Å². The van der Waals surface area contributed by atoms with Crippen LogP contribution in [0, 0.1) is 18.2 Å². The fraction of sp³-hybridized carbons (Fsp3) is 0.154. The summed E-state index contributed by atoms with van der Waals surface area (Å²) in [4.78, 5) is 25.0. The van der Waals surface area contributed by atoms with Gasteiger partial charge in [-0.25, -0.2) is 34.3 Å². The summed E-state index contributed by atoms with van der Waals surface area (Å²) >= 11 is 0. The van der Waals surface area contributed by atoms with E-state index in [9.17, 15) is 0 Å². The summed E-state index contributed by atoms with van der Waals surface area (Å²) in [5.41, 5.74) is 9.13. The molecule has 37 heavy (non-hydrogen) atoms. The molecule has 0 aromatic carbocycles. The van der Waals surface area contributed by atoms with Gasteiger partial charge >= 0.3 is 6.02 Å². The highest BCUT2D eigenvalue weighted by atomic mass is 19.1. The summed E-state index contributed by atoms with van der Waals surface area (Å²) in [5.74, 6) is 2.46. The van der Waals surface area contributed by atoms with E-state index in [-0.39, 0.29) is 23.3 Å². The van der Waals surface area contributed by atoms with Gasteiger partial charge in [-0.1, -0.05) is 12.0 Å². The molecule has 0 radical (unpaired) electrons. The third-order valence-electron chi connectivity index (χ3n) is 5.57. The van der Waals surface area contributed by atoms with Crippen molar-refractivity contribution in [3.05, 3.63) is 54.1 Å². The van der Waals surface area contributed by atoms with Gasteiger partial charge in [0.2, 0.25) is 0 Å². The quantitative estimate of drug-likeness (QED) is 0.249. The lowest BCUT2D eigenvalue weighted by Gasteiger charge is -2.13. The molecule has 2 N–H and O–H groups in total. The average Bonchev–Trinajstić information content (AvgIpc) is 3.20. The Morgan fingerprint density at radius 3 is 2.68 bits per heavy atom. The number of nitrogens with two attached hydrogens (primary N) is 1. The normalized spacial score (nSPS) is 11.9. The molecule has 4 aromatic rings. The number of amidine groups is 1. The second kappa shape index (κ2) is 10.2. The Morgan fingerprint density at radius 1 is 1.24 bits per heavy atom. The van der Waals surface area contributed by atoms with Crippen molar-refractivity contribution >= 4 is 29.6 Å². The number of nitrogen functional groups attached to an aromatic ring is 1. The maximum atomic E-state index is 15.7. The summed E-state index contributed by atoms with van der Waals surface area (Å²) < 4.78 is 28.6. The number of hydrogen-bond donors (Lipinski definition) is 1. The van der Waals surface area contributed by atoms with E-state index in [4.69, 9.17) is 21.6 Å². The number of hydrogen-bond acceptors (Lipinski definition) is 8. The number of fused-ring (bicyclic) bond motifs is 1. The minimum Gasteiger partial charge on any atom is -0.496 e. The van der Waals surface area contributed by atoms with Crippen LogP contribution in [0.3, 0.4) is 0 Å². The number of nitrogens with zero attached hydrogens (tertiary/aromatic N) is 7. The van der Waals surface area contributed by atoms with E-state index >= 15 is 4.39 Å². The van der Waals surface area contributed by atoms with Crippen LogP contribution in [0.25, 0.3) is 33.5 Å². The smallest absolute Gasteiger partial charge is 0.321 e. The van der Waals surface area contributed by atoms with Gasteiger partial charge in [0.15, 0.2) is 11.6 Å². The molecule has 4 rings (SSSR count). The zero-order chi connectivity index (χ0) is 26.7. The van der Waals surface area contributed by atoms with Gasteiger partial charge in [0.1, 0.15) is 34.9 Å². The van der Waals surface area contributed by atoms with Crippen LogP contribution < -0.4 is 15.2 Å². The number of aryl methyl sites for hydroxylation is 1. The summed E-state index contributed by atoms with van der Waals surface area (Å²) in [7, 11) is 3.27. The lowest BCUT2D eigenvalue weighted by molar-refractivity contribution is 0.415. The standard InChI is InChI=1S/C26H23FN8O2/c1-7-14(3)34-26(29-4)37-16-10-18(27)22(31-11-16)20-21-24(28)32-13-33-25(21)35(5)23(20)17-12-30-15(8-2)9-19(17)36-6/h2,7,9-13H,4H2,1,3,5-6H3,(H2,28,32,33)/b14-7-,34-26+. The maximum Gasteiger partial charge on any atom is 0.321 e. The van der Waals surface area contributed by atoms with Gasteiger partial charge in [0, 0.05) is 36.6 Å². The minimum atomic E-state index is -0.687. The van der Waals surface area contributed by atoms with E-state index in [0.717, 1.165) is 0 Å². The molecular weight excluding hydrogens is 475 g/mol. The lowest BCUT2D eigenvalue weighted by atomic mass is 10.0. The van der Waals surface area contributed by atoms with Crippen molar-refractivity contribution in [1.82, 2.24) is 24.5 Å². The van der Waals surface area contributed by atoms with Gasteiger partial charge in [-0.05, 0) is 20.6 Å². The molecular formula is C26H23FN8O2. The molecule has 4 aromatic heterocycles. The molecule has 4 heterocycles. The Balaban J connectivity index is 1.96. The number of rotatable bonds is 5. The topological polar surface area (TPSA) is 126 Å². The monoisotopic (exact) mass is 498 g/mol. The van der Waals surface area contributed by atoms with Gasteiger partial charge in [0.25, 0.3) is 0 Å². The average molecular weight is 499 g/mol. The summed E-state index contributed by atoms with van der Waals surface area (Å²) in [6, 6.07) is 2.74. The Hall–Kier alpha value is -5.11. The number of ether oxygens (including phenoxy) is 2. The first-order valence-corrected chi connectivity index (χ1v) is 10.9. The van der Waals surface area contributed by atoms with Crippen molar-refractivity contribution in [2.75, 3.05) is 12.8 Å². The van der Waals surface area contributed by atoms with Gasteiger partial charge in [-0.15, -0.1) is 6.42 Å². The van der Waals surface area contributed by atoms with Crippen molar-refractivity contribution in [1.29, 1.82) is 0 Å². The summed E-state index contributed by atoms with van der Waals surface area (Å²) in [6.07, 6.45) is 11.5. The molecule has 0 aliphatic heterocycles. The first-order valence-electron chi connectivity index (χ1n) is 10.9. The van der Waals surface area contributed by atoms with Crippen LogP contribution in [0.1, 0.15) is 19.5 Å². The first kappa shape index (κ1) is 25.0. The van der Waals surface area contributed by atoms with Crippen LogP contribution in [0.15, 0.2) is 52.6 Å². The molecule has 0 aliphatic rings. The number of methoxy groups -OCH3 is 1. The molecule has 0 amide bonds. The molecule has 0 aliphatic carbocycles. The van der Waals surface area contributed by atoms with Gasteiger partial charge in [0.05, 0.1) is 30.0 Å². The van der Waals surface area contributed by atoms with E-state index in [2.05, 4.69) is 42.6 Å². The van der Waals surface area contributed by atoms with Crippen molar-refractivity contribution < 1.29 is 13.9 Å². The van der Waals surface area contributed by atoms with Crippen molar-refractivity contribution in [3.63, 3.8) is 0 Å². The number of aromatic nitrogens is 5. The van der Waals surface area contributed by atoms with Crippen molar-refractivity contribution in [2.24, 2.45) is 17.0 Å². The van der Waals surface area contributed by atoms with Crippen LogP contribution in [-0.2, 0) is 7.05 Å². The Bertz CT molecular complexity index is 1630. The fourth-order valence-electron chi connectivity index (χ4n) is 3.76. The van der Waals surface area contributed by atoms with Crippen LogP contribution in [0.2, 0.25) is 0 Å². The van der Waals surface area contributed by atoms with Crippen LogP contribution >= 0.6 is 0 Å². The van der Waals surface area contributed by atoms with Crippen LogP contribution in [-0.4, -0.2) is 44.4 Å². The molecule has 0 unspecified atom stereocenters. The second-order valence-corrected chi connectivity index (χ2v) is 7.74. The van der Waals surface area contributed by atoms with Crippen molar-refractivity contribution in [2.45, 2.75) is 13.8 Å². The summed E-state index contributed by atoms with van der Waals surface area (Å²) in [6.45, 7) is 7.03. The number of terminal acetylenes is 1. The van der Waals surface area contributed by atoms with Crippen LogP contribution in [0.4, 0.5) is 10.2 Å². The highest BCUT2D eigenvalue weighted by Crippen LogP contribution is 2.44. The Morgan fingerprint density at radius 2 is 2.03 bits per heavy atom. The highest BCUT2D eigenvalue weighted by Gasteiger charge is 2.27. The van der Waals surface area contributed by atoms with E-state index in [1.807, 2.05) is 6.92 Å². The van der Waals surface area contributed by atoms with E-state index in [1.165, 1.54) is 25.7 Å². The third kappa shape index (κ3) is 4.60. The Kier molecular flexibility index (Phi) is 6.92. The van der Waals surface area contributed by atoms with E-state index in [0.29, 0.717) is 45.0 Å². The van der Waals surface area contributed by atoms with Gasteiger partial charge in [-0.3, -0.25) is 0 Å². The summed E-state index contributed by atoms with van der Waals surface area (Å²) in [5, 5.41) is 0.418. The number of anilines is 1. The maximum absolute atomic E-state index is 15.7. The zero-order valence-electron chi connectivity index (χ0n) is 20.7. The zero-order valence-corrected chi connectivity index (χ0v) is 20.7. The second-order valence-electron chi connectivity index (χ2n) is 7.74. The molecule has 0 atom stereocenters. The van der Waals surface area contributed by atoms with E-state index < -0.39 is 5.82 Å². The van der Waals surface area contributed by atoms with Gasteiger partial charge in [-0.2, -0.15) is 0 Å². The number of pyridine rings is 2. The lowest BCUT2D eigenvalue weighted by Crippen LogP contribution is -2.06. The molecule has 0 fully saturated rings. The van der Waals surface area contributed by atoms with Crippen molar-refractivity contribution in [3.8, 4) is 46.4 Å². The molecule has 186 valence electrons.